The molecule has 1 aliphatic heterocycles. The summed E-state index contributed by atoms with van der Waals surface area (Å²) in [6, 6.07) is 0.348. The van der Waals surface area contributed by atoms with Gasteiger partial charge in [-0.05, 0) is 25.7 Å². The summed E-state index contributed by atoms with van der Waals surface area (Å²) >= 11 is 0. The first-order valence-corrected chi connectivity index (χ1v) is 9.81. The molecular weight excluding hydrogens is 344 g/mol. The van der Waals surface area contributed by atoms with E-state index in [0.29, 0.717) is 12.0 Å². The summed E-state index contributed by atoms with van der Waals surface area (Å²) in [7, 11) is 3.51. The molecule has 1 aliphatic rings. The molecule has 0 spiro atoms. The Morgan fingerprint density at radius 1 is 1.44 bits per heavy atom. The Bertz CT molecular complexity index is 587. The zero-order chi connectivity index (χ0) is 19.6. The first-order chi connectivity index (χ1) is 13.0. The molecule has 152 valence electrons. The van der Waals surface area contributed by atoms with Crippen molar-refractivity contribution in [3.63, 3.8) is 0 Å². The van der Waals surface area contributed by atoms with Crippen molar-refractivity contribution in [3.8, 4) is 0 Å². The minimum absolute atomic E-state index is 0.000142. The molecule has 0 aromatic carbocycles. The van der Waals surface area contributed by atoms with Gasteiger partial charge in [-0.25, -0.2) is 9.98 Å². The SMILES string of the molecule is CCOCCCNC(=NCC(=O)N(C)C)N1CCC(C)C(n2ccnc2)C1. The standard InChI is InChI=1S/C19H34N6O2/c1-5-27-12-6-8-21-19(22-13-18(26)23(3)4)24-10-7-16(2)17(14-24)25-11-9-20-15-25/h9,11,15-17H,5-8,10,12-14H2,1-4H3,(H,21,22). The van der Waals surface area contributed by atoms with Gasteiger partial charge in [0.05, 0.1) is 12.4 Å². The number of imidazole rings is 1. The van der Waals surface area contributed by atoms with Crippen LogP contribution in [0.2, 0.25) is 0 Å². The molecule has 27 heavy (non-hydrogen) atoms. The van der Waals surface area contributed by atoms with E-state index in [1.165, 1.54) is 0 Å². The second-order valence-corrected chi connectivity index (χ2v) is 7.19. The van der Waals surface area contributed by atoms with E-state index in [-0.39, 0.29) is 12.5 Å². The highest BCUT2D eigenvalue weighted by atomic mass is 16.5. The van der Waals surface area contributed by atoms with Crippen LogP contribution in [-0.4, -0.2) is 84.7 Å². The smallest absolute Gasteiger partial charge is 0.243 e. The van der Waals surface area contributed by atoms with Gasteiger partial charge in [0, 0.05) is 59.3 Å². The number of amides is 1. The molecule has 1 aromatic rings. The summed E-state index contributed by atoms with van der Waals surface area (Å²) in [5.74, 6) is 1.37. The summed E-state index contributed by atoms with van der Waals surface area (Å²) in [5.41, 5.74) is 0. The van der Waals surface area contributed by atoms with Crippen molar-refractivity contribution in [2.45, 2.75) is 32.7 Å². The number of aromatic nitrogens is 2. The zero-order valence-corrected chi connectivity index (χ0v) is 17.1. The molecule has 1 saturated heterocycles. The van der Waals surface area contributed by atoms with Crippen LogP contribution >= 0.6 is 0 Å². The van der Waals surface area contributed by atoms with Crippen molar-refractivity contribution in [2.75, 3.05) is 53.5 Å². The predicted octanol–water partition coefficient (Wildman–Crippen LogP) is 1.23. The van der Waals surface area contributed by atoms with E-state index >= 15 is 0 Å². The van der Waals surface area contributed by atoms with E-state index in [1.54, 1.807) is 19.0 Å². The molecule has 1 fully saturated rings. The number of nitrogens with one attached hydrogen (secondary N) is 1. The molecule has 0 bridgehead atoms. The van der Waals surface area contributed by atoms with Crippen LogP contribution in [-0.2, 0) is 9.53 Å². The number of hydrogen-bond acceptors (Lipinski definition) is 4. The van der Waals surface area contributed by atoms with Crippen LogP contribution in [0.1, 0.15) is 32.7 Å². The minimum Gasteiger partial charge on any atom is -0.382 e. The Hall–Kier alpha value is -2.09. The lowest BCUT2D eigenvalue weighted by Crippen LogP contribution is -2.49. The maximum absolute atomic E-state index is 12.0. The first kappa shape index (κ1) is 21.2. The number of carbonyl (C=O) groups is 1. The van der Waals surface area contributed by atoms with Crippen LogP contribution < -0.4 is 5.32 Å². The van der Waals surface area contributed by atoms with Gasteiger partial charge in [-0.2, -0.15) is 0 Å². The quantitative estimate of drug-likeness (QED) is 0.418. The van der Waals surface area contributed by atoms with Gasteiger partial charge in [0.1, 0.15) is 6.54 Å². The largest absolute Gasteiger partial charge is 0.382 e. The van der Waals surface area contributed by atoms with Crippen molar-refractivity contribution in [1.29, 1.82) is 0 Å². The van der Waals surface area contributed by atoms with Gasteiger partial charge < -0.3 is 24.4 Å². The predicted molar refractivity (Wildman–Crippen MR) is 107 cm³/mol. The molecule has 1 N–H and O–H groups in total. The van der Waals surface area contributed by atoms with E-state index in [1.807, 2.05) is 25.6 Å². The Morgan fingerprint density at radius 3 is 2.93 bits per heavy atom. The number of nitrogens with zero attached hydrogens (tertiary/aromatic N) is 5. The summed E-state index contributed by atoms with van der Waals surface area (Å²) in [6.07, 6.45) is 7.70. The number of ether oxygens (including phenoxy) is 1. The third kappa shape index (κ3) is 6.53. The van der Waals surface area contributed by atoms with Gasteiger partial charge in [0.2, 0.25) is 5.91 Å². The number of guanidine groups is 1. The normalized spacial score (nSPS) is 20.6. The average molecular weight is 379 g/mol. The van der Waals surface area contributed by atoms with Crippen LogP contribution in [0, 0.1) is 5.92 Å². The van der Waals surface area contributed by atoms with Crippen LogP contribution in [0.3, 0.4) is 0 Å². The monoisotopic (exact) mass is 378 g/mol. The maximum atomic E-state index is 12.0. The first-order valence-electron chi connectivity index (χ1n) is 9.81. The molecule has 2 atom stereocenters. The van der Waals surface area contributed by atoms with Crippen molar-refractivity contribution < 1.29 is 9.53 Å². The fourth-order valence-electron chi connectivity index (χ4n) is 3.17. The van der Waals surface area contributed by atoms with Gasteiger partial charge in [-0.3, -0.25) is 4.79 Å². The molecule has 2 heterocycles. The number of rotatable bonds is 8. The van der Waals surface area contributed by atoms with E-state index in [4.69, 9.17) is 4.74 Å². The van der Waals surface area contributed by atoms with E-state index in [9.17, 15) is 4.79 Å². The zero-order valence-electron chi connectivity index (χ0n) is 17.1. The van der Waals surface area contributed by atoms with Gasteiger partial charge in [0.15, 0.2) is 5.96 Å². The van der Waals surface area contributed by atoms with E-state index < -0.39 is 0 Å². The lowest BCUT2D eigenvalue weighted by molar-refractivity contribution is -0.127. The van der Waals surface area contributed by atoms with Crippen molar-refractivity contribution >= 4 is 11.9 Å². The summed E-state index contributed by atoms with van der Waals surface area (Å²) in [5, 5.41) is 3.42. The molecule has 8 nitrogen and oxygen atoms in total. The van der Waals surface area contributed by atoms with Crippen LogP contribution in [0.15, 0.2) is 23.7 Å². The molecule has 0 aliphatic carbocycles. The van der Waals surface area contributed by atoms with Gasteiger partial charge >= 0.3 is 0 Å². The molecule has 1 aromatic heterocycles. The van der Waals surface area contributed by atoms with Gasteiger partial charge in [0.25, 0.3) is 0 Å². The molecule has 8 heteroatoms. The lowest BCUT2D eigenvalue weighted by Gasteiger charge is -2.39. The fourth-order valence-corrected chi connectivity index (χ4v) is 3.17. The second-order valence-electron chi connectivity index (χ2n) is 7.19. The van der Waals surface area contributed by atoms with Crippen LogP contribution in [0.25, 0.3) is 0 Å². The topological polar surface area (TPSA) is 75.0 Å². The number of likely N-dealkylation sites (N-methyl/N-ethyl adjacent to an activating group) is 1. The Morgan fingerprint density at radius 2 is 2.26 bits per heavy atom. The third-order valence-electron chi connectivity index (χ3n) is 4.94. The molecule has 1 amide bonds. The Kier molecular flexibility index (Phi) is 8.57. The van der Waals surface area contributed by atoms with Crippen LogP contribution in [0.5, 0.6) is 0 Å². The maximum Gasteiger partial charge on any atom is 0.243 e. The summed E-state index contributed by atoms with van der Waals surface area (Å²) < 4.78 is 7.58. The molecule has 0 radical (unpaired) electrons. The highest BCUT2D eigenvalue weighted by Gasteiger charge is 2.29. The highest BCUT2D eigenvalue weighted by Crippen LogP contribution is 2.27. The Balaban J connectivity index is 2.03. The molecule has 0 saturated carbocycles. The fraction of sp³-hybridized carbons (Fsp3) is 0.737. The summed E-state index contributed by atoms with van der Waals surface area (Å²) in [4.78, 5) is 24.6. The molecule has 2 rings (SSSR count). The second kappa shape index (κ2) is 10.9. The van der Waals surface area contributed by atoms with Crippen molar-refractivity contribution in [1.82, 2.24) is 24.7 Å². The lowest BCUT2D eigenvalue weighted by atomic mass is 9.93. The van der Waals surface area contributed by atoms with E-state index in [2.05, 4.69) is 31.7 Å². The number of hydrogen-bond donors (Lipinski definition) is 1. The molecular formula is C19H34N6O2. The third-order valence-corrected chi connectivity index (χ3v) is 4.94. The summed E-state index contributed by atoms with van der Waals surface area (Å²) in [6.45, 7) is 8.45. The average Bonchev–Trinajstić information content (AvgIpc) is 3.18. The van der Waals surface area contributed by atoms with Gasteiger partial charge in [-0.1, -0.05) is 6.92 Å². The Labute approximate surface area is 162 Å². The minimum atomic E-state index is 0.000142. The number of aliphatic imine (C=N–C) groups is 1. The van der Waals surface area contributed by atoms with Crippen molar-refractivity contribution in [2.24, 2.45) is 10.9 Å². The van der Waals surface area contributed by atoms with Crippen LogP contribution in [0.4, 0.5) is 0 Å². The van der Waals surface area contributed by atoms with Gasteiger partial charge in [-0.15, -0.1) is 0 Å². The number of piperidine rings is 1. The van der Waals surface area contributed by atoms with Crippen molar-refractivity contribution in [3.05, 3.63) is 18.7 Å². The number of carbonyl (C=O) groups excluding carboxylic acids is 1. The highest BCUT2D eigenvalue weighted by molar-refractivity contribution is 5.84. The number of likely N-dealkylation sites (tertiary alicyclic amines) is 1. The van der Waals surface area contributed by atoms with E-state index in [0.717, 1.165) is 51.6 Å². The molecule has 2 unspecified atom stereocenters.